The van der Waals surface area contributed by atoms with Gasteiger partial charge in [-0.05, 0) is 43.4 Å². The number of carbonyl (C=O) groups excluding carboxylic acids is 1. The third-order valence-electron chi connectivity index (χ3n) is 4.80. The fourth-order valence-corrected chi connectivity index (χ4v) is 3.03. The molecule has 2 heterocycles. The Morgan fingerprint density at radius 1 is 1.19 bits per heavy atom. The number of aromatic nitrogens is 4. The lowest BCUT2D eigenvalue weighted by molar-refractivity contribution is 0.0673. The molecule has 6 nitrogen and oxygen atoms in total. The van der Waals surface area contributed by atoms with Crippen molar-refractivity contribution in [2.45, 2.75) is 25.8 Å². The van der Waals surface area contributed by atoms with Crippen LogP contribution in [0.25, 0.3) is 5.82 Å². The van der Waals surface area contributed by atoms with Crippen molar-refractivity contribution >= 4 is 5.91 Å². The number of nitrogens with zero attached hydrogens (tertiary/aromatic N) is 5. The molecule has 0 aliphatic heterocycles. The zero-order valence-electron chi connectivity index (χ0n) is 14.7. The van der Waals surface area contributed by atoms with E-state index in [1.165, 1.54) is 12.8 Å². The van der Waals surface area contributed by atoms with E-state index in [1.807, 2.05) is 23.1 Å². The van der Waals surface area contributed by atoms with Gasteiger partial charge in [-0.2, -0.15) is 0 Å². The van der Waals surface area contributed by atoms with Crippen LogP contribution in [0.3, 0.4) is 0 Å². The number of rotatable bonds is 6. The molecule has 1 aliphatic rings. The molecule has 0 N–H and O–H groups in total. The molecule has 0 saturated heterocycles. The number of hydrogen-bond acceptors (Lipinski definition) is 4. The Bertz CT molecular complexity index is 857. The van der Waals surface area contributed by atoms with Crippen LogP contribution in [-0.2, 0) is 0 Å². The van der Waals surface area contributed by atoms with Gasteiger partial charge in [-0.15, -0.1) is 10.2 Å². The molecule has 26 heavy (non-hydrogen) atoms. The average Bonchev–Trinajstić information content (AvgIpc) is 3.35. The van der Waals surface area contributed by atoms with Gasteiger partial charge in [0.15, 0.2) is 11.5 Å². The summed E-state index contributed by atoms with van der Waals surface area (Å²) >= 11 is 0. The second-order valence-corrected chi connectivity index (χ2v) is 6.73. The number of carbonyl (C=O) groups is 1. The van der Waals surface area contributed by atoms with Crippen LogP contribution < -0.4 is 0 Å². The van der Waals surface area contributed by atoms with Gasteiger partial charge in [-0.1, -0.05) is 30.3 Å². The molecule has 6 heteroatoms. The summed E-state index contributed by atoms with van der Waals surface area (Å²) in [6.45, 7) is 2.84. The van der Waals surface area contributed by atoms with E-state index in [0.29, 0.717) is 17.4 Å². The highest BCUT2D eigenvalue weighted by Gasteiger charge is 2.31. The summed E-state index contributed by atoms with van der Waals surface area (Å²) in [5.74, 6) is 1.17. The van der Waals surface area contributed by atoms with E-state index >= 15 is 0 Å². The number of hydrogen-bond donors (Lipinski definition) is 0. The molecule has 3 aromatic rings. The van der Waals surface area contributed by atoms with Gasteiger partial charge < -0.3 is 4.90 Å². The predicted molar refractivity (Wildman–Crippen MR) is 97.8 cm³/mol. The molecular weight excluding hydrogens is 326 g/mol. The zero-order chi connectivity index (χ0) is 17.9. The van der Waals surface area contributed by atoms with Gasteiger partial charge in [0.1, 0.15) is 6.33 Å². The fourth-order valence-electron chi connectivity index (χ4n) is 3.03. The highest BCUT2D eigenvalue weighted by Crippen LogP contribution is 2.33. The van der Waals surface area contributed by atoms with Crippen LogP contribution in [0.1, 0.15) is 41.9 Å². The summed E-state index contributed by atoms with van der Waals surface area (Å²) < 4.78 is 1.76. The van der Waals surface area contributed by atoms with Crippen molar-refractivity contribution in [3.8, 4) is 5.82 Å². The maximum absolute atomic E-state index is 13.1. The van der Waals surface area contributed by atoms with Crippen molar-refractivity contribution in [3.63, 3.8) is 0 Å². The van der Waals surface area contributed by atoms with E-state index in [-0.39, 0.29) is 11.9 Å². The molecule has 1 aliphatic carbocycles. The van der Waals surface area contributed by atoms with E-state index < -0.39 is 0 Å². The quantitative estimate of drug-likeness (QED) is 0.686. The van der Waals surface area contributed by atoms with Crippen molar-refractivity contribution in [1.82, 2.24) is 24.6 Å². The molecule has 1 aromatic carbocycles. The Hall–Kier alpha value is -3.02. The minimum atomic E-state index is -0.0714. The van der Waals surface area contributed by atoms with Crippen LogP contribution >= 0.6 is 0 Å². The van der Waals surface area contributed by atoms with E-state index in [0.717, 1.165) is 12.1 Å². The molecule has 1 saturated carbocycles. The van der Waals surface area contributed by atoms with Crippen LogP contribution in [0, 0.1) is 5.92 Å². The van der Waals surface area contributed by atoms with Gasteiger partial charge in [-0.3, -0.25) is 9.36 Å². The zero-order valence-corrected chi connectivity index (χ0v) is 14.7. The summed E-state index contributed by atoms with van der Waals surface area (Å²) in [5.41, 5.74) is 1.50. The number of imidazole rings is 1. The maximum atomic E-state index is 13.1. The molecule has 0 spiro atoms. The van der Waals surface area contributed by atoms with Crippen LogP contribution in [0.2, 0.25) is 0 Å². The molecule has 1 fully saturated rings. The van der Waals surface area contributed by atoms with Crippen molar-refractivity contribution in [3.05, 3.63) is 72.4 Å². The van der Waals surface area contributed by atoms with Gasteiger partial charge in [0, 0.05) is 18.9 Å². The van der Waals surface area contributed by atoms with E-state index in [2.05, 4.69) is 34.2 Å². The Kier molecular flexibility index (Phi) is 4.48. The smallest absolute Gasteiger partial charge is 0.274 e. The fraction of sp³-hybridized carbons (Fsp3) is 0.300. The van der Waals surface area contributed by atoms with Crippen molar-refractivity contribution in [2.24, 2.45) is 5.92 Å². The Labute approximate surface area is 152 Å². The normalized spacial score (nSPS) is 14.8. The summed E-state index contributed by atoms with van der Waals surface area (Å²) in [5, 5.41) is 8.35. The van der Waals surface area contributed by atoms with Gasteiger partial charge >= 0.3 is 0 Å². The second-order valence-electron chi connectivity index (χ2n) is 6.73. The predicted octanol–water partition coefficient (Wildman–Crippen LogP) is 3.28. The molecule has 0 radical (unpaired) electrons. The van der Waals surface area contributed by atoms with Crippen molar-refractivity contribution in [1.29, 1.82) is 0 Å². The van der Waals surface area contributed by atoms with E-state index in [1.54, 1.807) is 35.4 Å². The lowest BCUT2D eigenvalue weighted by atomic mass is 10.1. The maximum Gasteiger partial charge on any atom is 0.274 e. The third-order valence-corrected chi connectivity index (χ3v) is 4.80. The van der Waals surface area contributed by atoms with Crippen LogP contribution in [0.15, 0.2) is 61.2 Å². The first-order chi connectivity index (χ1) is 12.7. The Balaban J connectivity index is 1.57. The first-order valence-electron chi connectivity index (χ1n) is 8.90. The lowest BCUT2D eigenvalue weighted by Crippen LogP contribution is -2.36. The average molecular weight is 347 g/mol. The number of benzene rings is 1. The van der Waals surface area contributed by atoms with Crippen molar-refractivity contribution < 1.29 is 4.79 Å². The molecule has 1 atom stereocenters. The Morgan fingerprint density at radius 2 is 2.00 bits per heavy atom. The largest absolute Gasteiger partial charge is 0.330 e. The van der Waals surface area contributed by atoms with Gasteiger partial charge in [0.05, 0.1) is 6.04 Å². The SMILES string of the molecule is CC(c1ccccc1)N(CC1CC1)C(=O)c1ccc(-n2ccnc2)nn1. The standard InChI is InChI=1S/C20H21N5O/c1-15(17-5-3-2-4-6-17)25(13-16-7-8-16)20(26)18-9-10-19(23-22-18)24-12-11-21-14-24/h2-6,9-12,14-16H,7-8,13H2,1H3. The number of amides is 1. The van der Waals surface area contributed by atoms with E-state index in [4.69, 9.17) is 0 Å². The summed E-state index contributed by atoms with van der Waals surface area (Å²) in [6.07, 6.45) is 7.51. The molecular formula is C20H21N5O. The highest BCUT2D eigenvalue weighted by atomic mass is 16.2. The molecule has 132 valence electrons. The van der Waals surface area contributed by atoms with Gasteiger partial charge in [0.2, 0.25) is 0 Å². The van der Waals surface area contributed by atoms with Crippen LogP contribution in [0.5, 0.6) is 0 Å². The molecule has 4 rings (SSSR count). The molecule has 2 aromatic heterocycles. The molecule has 0 bridgehead atoms. The Morgan fingerprint density at radius 3 is 2.62 bits per heavy atom. The lowest BCUT2D eigenvalue weighted by Gasteiger charge is -2.29. The molecule has 1 unspecified atom stereocenters. The topological polar surface area (TPSA) is 63.9 Å². The van der Waals surface area contributed by atoms with Gasteiger partial charge in [-0.25, -0.2) is 4.98 Å². The summed E-state index contributed by atoms with van der Waals surface area (Å²) in [6, 6.07) is 13.7. The van der Waals surface area contributed by atoms with Crippen LogP contribution in [-0.4, -0.2) is 37.1 Å². The van der Waals surface area contributed by atoms with Crippen LogP contribution in [0.4, 0.5) is 0 Å². The second kappa shape index (κ2) is 7.07. The summed E-state index contributed by atoms with van der Waals surface area (Å²) in [4.78, 5) is 19.1. The van der Waals surface area contributed by atoms with Gasteiger partial charge in [0.25, 0.3) is 5.91 Å². The highest BCUT2D eigenvalue weighted by molar-refractivity contribution is 5.92. The monoisotopic (exact) mass is 347 g/mol. The first-order valence-corrected chi connectivity index (χ1v) is 8.90. The molecule has 1 amide bonds. The van der Waals surface area contributed by atoms with Crippen molar-refractivity contribution in [2.75, 3.05) is 6.54 Å². The summed E-state index contributed by atoms with van der Waals surface area (Å²) in [7, 11) is 0. The minimum Gasteiger partial charge on any atom is -0.330 e. The minimum absolute atomic E-state index is 0.000532. The third kappa shape index (κ3) is 3.49. The first kappa shape index (κ1) is 16.4. The van der Waals surface area contributed by atoms with E-state index in [9.17, 15) is 4.79 Å².